The number of ether oxygens (including phenoxy) is 4. The molecule has 2 aliphatic carbocycles. The number of carboxylic acid groups (broad SMARTS) is 1. The number of alkyl carbamates (subject to hydrolysis) is 2. The molecule has 304 valence electrons. The molecule has 0 aliphatic heterocycles. The Bertz CT molecular complexity index is 2110. The van der Waals surface area contributed by atoms with E-state index in [9.17, 15) is 29.1 Å². The highest BCUT2D eigenvalue weighted by Crippen LogP contribution is 2.46. The van der Waals surface area contributed by atoms with E-state index in [0.717, 1.165) is 44.5 Å². The van der Waals surface area contributed by atoms with Crippen LogP contribution >= 0.6 is 0 Å². The predicted molar refractivity (Wildman–Crippen MR) is 216 cm³/mol. The minimum absolute atomic E-state index is 0.0209. The molecule has 12 nitrogen and oxygen atoms in total. The minimum atomic E-state index is -2.98. The maximum Gasteiger partial charge on any atom is 0.409 e. The second-order valence-corrected chi connectivity index (χ2v) is 16.5. The summed E-state index contributed by atoms with van der Waals surface area (Å²) >= 11 is 0. The molecule has 2 amide bonds. The Kier molecular flexibility index (Phi) is 12.0. The Morgan fingerprint density at radius 2 is 1.02 bits per heavy atom. The second kappa shape index (κ2) is 16.7. The van der Waals surface area contributed by atoms with Gasteiger partial charge in [-0.3, -0.25) is 10.1 Å². The van der Waals surface area contributed by atoms with Gasteiger partial charge in [0.15, 0.2) is 0 Å². The summed E-state index contributed by atoms with van der Waals surface area (Å²) in [6.45, 7) is 9.13. The van der Waals surface area contributed by atoms with Gasteiger partial charge in [0.1, 0.15) is 30.3 Å². The van der Waals surface area contributed by atoms with Crippen LogP contribution in [0.25, 0.3) is 22.3 Å². The molecule has 0 bridgehead atoms. The van der Waals surface area contributed by atoms with Crippen LogP contribution in [0.2, 0.25) is 0 Å². The number of carbonyl (C=O) groups is 5. The fourth-order valence-corrected chi connectivity index (χ4v) is 7.76. The molecule has 0 fully saturated rings. The summed E-state index contributed by atoms with van der Waals surface area (Å²) in [6, 6.07) is 31.3. The topological polar surface area (TPSA) is 167 Å². The van der Waals surface area contributed by atoms with E-state index in [4.69, 9.17) is 18.9 Å². The second-order valence-electron chi connectivity index (χ2n) is 16.5. The Labute approximate surface area is 338 Å². The zero-order valence-electron chi connectivity index (χ0n) is 33.6. The number of rotatable bonds is 13. The molecule has 0 saturated carbocycles. The molecule has 0 saturated heterocycles. The van der Waals surface area contributed by atoms with Gasteiger partial charge in [0, 0.05) is 18.4 Å². The Balaban J connectivity index is 1.22. The molecule has 2 unspecified atom stereocenters. The summed E-state index contributed by atoms with van der Waals surface area (Å²) in [5, 5.41) is 15.8. The molecule has 3 N–H and O–H groups in total. The first kappa shape index (κ1) is 41.5. The van der Waals surface area contributed by atoms with Gasteiger partial charge in [0.2, 0.25) is 0 Å². The van der Waals surface area contributed by atoms with Crippen LogP contribution in [-0.2, 0) is 33.3 Å². The van der Waals surface area contributed by atoms with Crippen molar-refractivity contribution < 1.29 is 48.0 Å². The van der Waals surface area contributed by atoms with Crippen LogP contribution < -0.4 is 10.6 Å². The van der Waals surface area contributed by atoms with Crippen LogP contribution in [0, 0.1) is 5.92 Å². The van der Waals surface area contributed by atoms with Gasteiger partial charge >= 0.3 is 30.1 Å². The first-order chi connectivity index (χ1) is 27.5. The third-order valence-electron chi connectivity index (χ3n) is 10.2. The SMILES string of the molecule is CC(C)(C)OC(=O)NC(C(=O)O)(C(=O)OC(C)(C)C)C(CCCNC(=O)OCC1c2ccccc2-c2ccccc21)C(=O)OCC1c2ccccc2-c2ccccc21. The number of carboxylic acids is 1. The number of esters is 2. The number of hydrogen-bond donors (Lipinski definition) is 3. The fraction of sp³-hybridized carbons (Fsp3) is 0.370. The van der Waals surface area contributed by atoms with Crippen molar-refractivity contribution in [2.24, 2.45) is 5.92 Å². The average molecular weight is 791 g/mol. The average Bonchev–Trinajstić information content (AvgIpc) is 3.66. The van der Waals surface area contributed by atoms with Crippen molar-refractivity contribution in [2.75, 3.05) is 19.8 Å². The number of hydrogen-bond acceptors (Lipinski definition) is 9. The molecule has 0 spiro atoms. The zero-order valence-corrected chi connectivity index (χ0v) is 33.6. The first-order valence-corrected chi connectivity index (χ1v) is 19.4. The molecular formula is C46H50N2O10. The largest absolute Gasteiger partial charge is 0.479 e. The number of fused-ring (bicyclic) bond motifs is 6. The standard InChI is InChI=1S/C46H50N2O10/c1-44(2,3)57-41(52)46(40(50)51,48-43(54)58-45(4,5)6)38(39(49)55-26-36-32-20-11-7-16-28(32)29-17-8-12-21-33(29)36)24-15-25-47-42(53)56-27-37-34-22-13-9-18-30(34)31-19-10-14-23-35(31)37/h7-14,16-23,36-38H,15,24-27H2,1-6H3,(H,47,53)(H,48,54)(H,50,51). The lowest BCUT2D eigenvalue weighted by molar-refractivity contribution is -0.180. The molecule has 2 aliphatic rings. The molecule has 12 heteroatoms. The fourth-order valence-electron chi connectivity index (χ4n) is 7.76. The van der Waals surface area contributed by atoms with Gasteiger partial charge in [0.25, 0.3) is 5.54 Å². The maximum atomic E-state index is 14.4. The van der Waals surface area contributed by atoms with Crippen molar-refractivity contribution in [1.82, 2.24) is 10.6 Å². The van der Waals surface area contributed by atoms with E-state index >= 15 is 0 Å². The summed E-state index contributed by atoms with van der Waals surface area (Å²) < 4.78 is 22.6. The van der Waals surface area contributed by atoms with Crippen LogP contribution in [0.5, 0.6) is 0 Å². The highest BCUT2D eigenvalue weighted by atomic mass is 16.6. The van der Waals surface area contributed by atoms with Crippen LogP contribution in [-0.4, -0.2) is 71.7 Å². The summed E-state index contributed by atoms with van der Waals surface area (Å²) in [6.07, 6.45) is -2.33. The van der Waals surface area contributed by atoms with E-state index < -0.39 is 52.8 Å². The molecule has 6 rings (SSSR count). The van der Waals surface area contributed by atoms with E-state index in [0.29, 0.717) is 0 Å². The Hall–Kier alpha value is -6.17. The maximum absolute atomic E-state index is 14.4. The summed E-state index contributed by atoms with van der Waals surface area (Å²) in [4.78, 5) is 68.3. The Morgan fingerprint density at radius 3 is 1.43 bits per heavy atom. The van der Waals surface area contributed by atoms with Crippen molar-refractivity contribution in [2.45, 2.75) is 83.0 Å². The van der Waals surface area contributed by atoms with Crippen LogP contribution in [0.15, 0.2) is 97.1 Å². The number of carbonyl (C=O) groups excluding carboxylic acids is 4. The van der Waals surface area contributed by atoms with Crippen molar-refractivity contribution >= 4 is 30.1 Å². The summed E-state index contributed by atoms with van der Waals surface area (Å²) in [5.74, 6) is -6.68. The van der Waals surface area contributed by atoms with Gasteiger partial charge in [-0.2, -0.15) is 0 Å². The lowest BCUT2D eigenvalue weighted by Gasteiger charge is -2.37. The van der Waals surface area contributed by atoms with Crippen LogP contribution in [0.1, 0.15) is 88.5 Å². The van der Waals surface area contributed by atoms with E-state index in [-0.39, 0.29) is 44.4 Å². The highest BCUT2D eigenvalue weighted by molar-refractivity contribution is 6.10. The zero-order chi connectivity index (χ0) is 41.8. The van der Waals surface area contributed by atoms with Gasteiger partial charge in [-0.25, -0.2) is 19.2 Å². The van der Waals surface area contributed by atoms with Gasteiger partial charge < -0.3 is 29.4 Å². The van der Waals surface area contributed by atoms with Gasteiger partial charge in [-0.05, 0) is 98.9 Å². The van der Waals surface area contributed by atoms with Crippen LogP contribution in [0.3, 0.4) is 0 Å². The van der Waals surface area contributed by atoms with E-state index in [2.05, 4.69) is 10.6 Å². The molecule has 4 aromatic rings. The third kappa shape index (κ3) is 8.86. The molecule has 2 atom stereocenters. The predicted octanol–water partition coefficient (Wildman–Crippen LogP) is 7.97. The summed E-state index contributed by atoms with van der Waals surface area (Å²) in [5.41, 5.74) is 2.77. The number of benzene rings is 4. The normalized spacial score (nSPS) is 14.7. The van der Waals surface area contributed by atoms with Gasteiger partial charge in [-0.1, -0.05) is 97.1 Å². The first-order valence-electron chi connectivity index (χ1n) is 19.4. The van der Waals surface area contributed by atoms with Crippen LogP contribution in [0.4, 0.5) is 9.59 Å². The van der Waals surface area contributed by atoms with E-state index in [1.165, 1.54) is 20.8 Å². The highest BCUT2D eigenvalue weighted by Gasteiger charge is 2.60. The molecule has 0 heterocycles. The molecule has 0 aromatic heterocycles. The lowest BCUT2D eigenvalue weighted by atomic mass is 9.80. The van der Waals surface area contributed by atoms with Crippen molar-refractivity contribution in [3.63, 3.8) is 0 Å². The molecule has 0 radical (unpaired) electrons. The van der Waals surface area contributed by atoms with Crippen molar-refractivity contribution in [1.29, 1.82) is 0 Å². The van der Waals surface area contributed by atoms with Gasteiger partial charge in [-0.15, -0.1) is 0 Å². The number of nitrogens with one attached hydrogen (secondary N) is 2. The smallest absolute Gasteiger partial charge is 0.409 e. The molecular weight excluding hydrogens is 741 g/mol. The number of amides is 2. The molecule has 58 heavy (non-hydrogen) atoms. The lowest BCUT2D eigenvalue weighted by Crippen LogP contribution is -2.68. The van der Waals surface area contributed by atoms with Crippen molar-refractivity contribution in [3.8, 4) is 22.3 Å². The van der Waals surface area contributed by atoms with Gasteiger partial charge in [0.05, 0.1) is 0 Å². The Morgan fingerprint density at radius 1 is 0.603 bits per heavy atom. The minimum Gasteiger partial charge on any atom is -0.479 e. The monoisotopic (exact) mass is 790 g/mol. The number of aliphatic carboxylic acids is 1. The van der Waals surface area contributed by atoms with Crippen molar-refractivity contribution in [3.05, 3.63) is 119 Å². The van der Waals surface area contributed by atoms with E-state index in [1.54, 1.807) is 20.8 Å². The van der Waals surface area contributed by atoms with E-state index in [1.807, 2.05) is 97.1 Å². The summed E-state index contributed by atoms with van der Waals surface area (Å²) in [7, 11) is 0. The third-order valence-corrected chi connectivity index (χ3v) is 10.2. The quantitative estimate of drug-likeness (QED) is 0.0523. The molecule has 4 aromatic carbocycles.